The zero-order chi connectivity index (χ0) is 26.4. The number of hydrogen-bond donors (Lipinski definition) is 9. The maximum Gasteiger partial charge on any atom is 0.326 e. The molecule has 0 aromatic heterocycles. The second kappa shape index (κ2) is 15.4. The number of amides is 4. The SMILES string of the molecule is CC(C)C(NC(=O)C(N)CO)C(=O)NC(CCCN=C(N)N)C(=O)NC(CCC(N)=O)C(=O)O. The molecule has 0 saturated heterocycles. The van der Waals surface area contributed by atoms with Gasteiger partial charge in [0.25, 0.3) is 0 Å². The number of rotatable bonds is 16. The van der Waals surface area contributed by atoms with Crippen molar-refractivity contribution in [3.63, 3.8) is 0 Å². The average Bonchev–Trinajstić information content (AvgIpc) is 2.74. The molecule has 0 bridgehead atoms. The Labute approximate surface area is 197 Å². The molecule has 0 spiro atoms. The maximum atomic E-state index is 12.9. The lowest BCUT2D eigenvalue weighted by molar-refractivity contribution is -0.142. The minimum absolute atomic E-state index is 0.0332. The topological polar surface area (TPSA) is 278 Å². The number of carbonyl (C=O) groups excluding carboxylic acids is 4. The van der Waals surface area contributed by atoms with Crippen LogP contribution in [0.15, 0.2) is 4.99 Å². The Kier molecular flexibility index (Phi) is 13.8. The van der Waals surface area contributed by atoms with E-state index in [4.69, 9.17) is 28.0 Å². The molecule has 0 radical (unpaired) electrons. The number of hydrogen-bond acceptors (Lipinski definition) is 8. The first-order valence-corrected chi connectivity index (χ1v) is 10.6. The van der Waals surface area contributed by atoms with E-state index in [1.54, 1.807) is 13.8 Å². The van der Waals surface area contributed by atoms with Gasteiger partial charge in [-0.2, -0.15) is 0 Å². The summed E-state index contributed by atoms with van der Waals surface area (Å²) in [4.78, 5) is 63.9. The zero-order valence-corrected chi connectivity index (χ0v) is 19.3. The predicted molar refractivity (Wildman–Crippen MR) is 122 cm³/mol. The third kappa shape index (κ3) is 12.0. The molecular weight excluding hydrogens is 452 g/mol. The number of nitrogens with zero attached hydrogens (tertiary/aromatic N) is 1. The lowest BCUT2D eigenvalue weighted by Crippen LogP contribution is -2.58. The zero-order valence-electron chi connectivity index (χ0n) is 19.3. The maximum absolute atomic E-state index is 12.9. The number of carbonyl (C=O) groups is 5. The van der Waals surface area contributed by atoms with E-state index in [1.165, 1.54) is 0 Å². The number of aliphatic carboxylic acids is 1. The minimum atomic E-state index is -1.42. The van der Waals surface area contributed by atoms with Crippen LogP contribution < -0.4 is 38.9 Å². The van der Waals surface area contributed by atoms with Gasteiger partial charge in [0.1, 0.15) is 24.2 Å². The van der Waals surface area contributed by atoms with Crippen LogP contribution in [0.4, 0.5) is 0 Å². The fourth-order valence-electron chi connectivity index (χ4n) is 2.73. The summed E-state index contributed by atoms with van der Waals surface area (Å²) in [6.45, 7) is 2.80. The number of aliphatic hydroxyl groups excluding tert-OH is 1. The molecule has 0 aromatic rings. The number of primary amides is 1. The molecule has 0 rings (SSSR count). The van der Waals surface area contributed by atoms with Crippen molar-refractivity contribution >= 4 is 35.6 Å². The molecule has 4 amide bonds. The summed E-state index contributed by atoms with van der Waals surface area (Å²) >= 11 is 0. The Bertz CT molecular complexity index is 755. The van der Waals surface area contributed by atoms with Gasteiger partial charge in [0.05, 0.1) is 6.61 Å². The Hall–Kier alpha value is -3.46. The van der Waals surface area contributed by atoms with E-state index in [-0.39, 0.29) is 38.2 Å². The van der Waals surface area contributed by atoms with Crippen molar-refractivity contribution in [2.24, 2.45) is 33.8 Å². The molecule has 194 valence electrons. The molecule has 0 aliphatic rings. The van der Waals surface area contributed by atoms with Crippen LogP contribution in [-0.4, -0.2) is 83.1 Å². The normalized spacial score (nSPS) is 14.3. The smallest absolute Gasteiger partial charge is 0.326 e. The molecule has 0 heterocycles. The van der Waals surface area contributed by atoms with E-state index in [0.717, 1.165) is 0 Å². The second-order valence-electron chi connectivity index (χ2n) is 7.93. The standard InChI is InChI=1S/C19H36N8O7/c1-9(2)14(27-15(30)10(20)8-28)17(32)25-11(4-3-7-24-19(22)23)16(31)26-12(18(33)34)5-6-13(21)29/h9-12,14,28H,3-8,20H2,1-2H3,(H2,21,29)(H,25,32)(H,26,31)(H,27,30)(H,33,34)(H4,22,23,24). The van der Waals surface area contributed by atoms with E-state index < -0.39 is 66.3 Å². The summed E-state index contributed by atoms with van der Waals surface area (Å²) < 4.78 is 0. The Morgan fingerprint density at radius 2 is 1.47 bits per heavy atom. The first kappa shape index (κ1) is 30.5. The quantitative estimate of drug-likeness (QED) is 0.0573. The highest BCUT2D eigenvalue weighted by Gasteiger charge is 2.31. The van der Waals surface area contributed by atoms with Crippen molar-refractivity contribution in [1.29, 1.82) is 0 Å². The minimum Gasteiger partial charge on any atom is -0.480 e. The summed E-state index contributed by atoms with van der Waals surface area (Å²) in [6, 6.07) is -4.96. The molecule has 0 aliphatic heterocycles. The third-order valence-corrected chi connectivity index (χ3v) is 4.65. The van der Waals surface area contributed by atoms with Crippen LogP contribution in [-0.2, 0) is 24.0 Å². The van der Waals surface area contributed by atoms with E-state index in [2.05, 4.69) is 20.9 Å². The van der Waals surface area contributed by atoms with Crippen molar-refractivity contribution in [2.75, 3.05) is 13.2 Å². The lowest BCUT2D eigenvalue weighted by Gasteiger charge is -2.26. The lowest BCUT2D eigenvalue weighted by atomic mass is 10.0. The van der Waals surface area contributed by atoms with E-state index in [0.29, 0.717) is 0 Å². The van der Waals surface area contributed by atoms with Gasteiger partial charge in [0.15, 0.2) is 5.96 Å². The fourth-order valence-corrected chi connectivity index (χ4v) is 2.73. The van der Waals surface area contributed by atoms with Gasteiger partial charge in [-0.1, -0.05) is 13.8 Å². The Morgan fingerprint density at radius 1 is 0.882 bits per heavy atom. The van der Waals surface area contributed by atoms with Crippen molar-refractivity contribution < 1.29 is 34.2 Å². The first-order valence-electron chi connectivity index (χ1n) is 10.6. The van der Waals surface area contributed by atoms with Crippen LogP contribution >= 0.6 is 0 Å². The summed E-state index contributed by atoms with van der Waals surface area (Å²) in [5, 5.41) is 25.6. The Balaban J connectivity index is 5.54. The number of carboxylic acid groups (broad SMARTS) is 1. The number of aliphatic imine (C=N–C) groups is 1. The largest absolute Gasteiger partial charge is 0.480 e. The number of guanidine groups is 1. The van der Waals surface area contributed by atoms with Crippen LogP contribution in [0.3, 0.4) is 0 Å². The molecule has 0 fully saturated rings. The molecule has 13 N–H and O–H groups in total. The number of nitrogens with two attached hydrogens (primary N) is 4. The van der Waals surface area contributed by atoms with Gasteiger partial charge in [-0.15, -0.1) is 0 Å². The molecule has 4 atom stereocenters. The van der Waals surface area contributed by atoms with Crippen molar-refractivity contribution in [1.82, 2.24) is 16.0 Å². The summed E-state index contributed by atoms with van der Waals surface area (Å²) in [6.07, 6.45) is -0.227. The van der Waals surface area contributed by atoms with Crippen LogP contribution in [0, 0.1) is 5.92 Å². The summed E-state index contributed by atoms with van der Waals surface area (Å²) in [5.74, 6) is -5.00. The molecule has 15 nitrogen and oxygen atoms in total. The monoisotopic (exact) mass is 488 g/mol. The van der Waals surface area contributed by atoms with Crippen LogP contribution in [0.5, 0.6) is 0 Å². The first-order chi connectivity index (χ1) is 15.8. The molecule has 4 unspecified atom stereocenters. The van der Waals surface area contributed by atoms with Gasteiger partial charge >= 0.3 is 5.97 Å². The fraction of sp³-hybridized carbons (Fsp3) is 0.684. The summed E-state index contributed by atoms with van der Waals surface area (Å²) in [7, 11) is 0. The molecular formula is C19H36N8O7. The molecule has 0 aliphatic carbocycles. The van der Waals surface area contributed by atoms with E-state index in [1.807, 2.05) is 0 Å². The second-order valence-corrected chi connectivity index (χ2v) is 7.93. The van der Waals surface area contributed by atoms with Gasteiger partial charge in [0.2, 0.25) is 23.6 Å². The van der Waals surface area contributed by atoms with Crippen LogP contribution in [0.25, 0.3) is 0 Å². The van der Waals surface area contributed by atoms with Gasteiger partial charge in [-0.3, -0.25) is 24.2 Å². The van der Waals surface area contributed by atoms with Crippen LogP contribution in [0.2, 0.25) is 0 Å². The Morgan fingerprint density at radius 3 is 1.94 bits per heavy atom. The van der Waals surface area contributed by atoms with E-state index >= 15 is 0 Å². The predicted octanol–water partition coefficient (Wildman–Crippen LogP) is -4.18. The highest BCUT2D eigenvalue weighted by Crippen LogP contribution is 2.07. The molecule has 34 heavy (non-hydrogen) atoms. The molecule has 0 saturated carbocycles. The van der Waals surface area contributed by atoms with Gasteiger partial charge in [-0.05, 0) is 25.2 Å². The highest BCUT2D eigenvalue weighted by atomic mass is 16.4. The van der Waals surface area contributed by atoms with Gasteiger partial charge in [-0.25, -0.2) is 4.79 Å². The molecule has 15 heteroatoms. The summed E-state index contributed by atoms with van der Waals surface area (Å²) in [5.41, 5.74) is 21.1. The van der Waals surface area contributed by atoms with Gasteiger partial charge in [0, 0.05) is 13.0 Å². The van der Waals surface area contributed by atoms with Crippen molar-refractivity contribution in [2.45, 2.75) is 63.7 Å². The third-order valence-electron chi connectivity index (χ3n) is 4.65. The van der Waals surface area contributed by atoms with Gasteiger partial charge < -0.3 is 49.1 Å². The van der Waals surface area contributed by atoms with Crippen molar-refractivity contribution in [3.8, 4) is 0 Å². The van der Waals surface area contributed by atoms with E-state index in [9.17, 15) is 29.1 Å². The number of nitrogens with one attached hydrogen (secondary N) is 3. The number of carboxylic acids is 1. The average molecular weight is 489 g/mol. The van der Waals surface area contributed by atoms with Crippen LogP contribution in [0.1, 0.15) is 39.5 Å². The molecule has 0 aromatic carbocycles. The number of aliphatic hydroxyl groups is 1. The highest BCUT2D eigenvalue weighted by molar-refractivity contribution is 5.94. The van der Waals surface area contributed by atoms with Crippen molar-refractivity contribution in [3.05, 3.63) is 0 Å².